The van der Waals surface area contributed by atoms with Crippen LogP contribution in [0.4, 0.5) is 5.69 Å². The number of benzene rings is 2. The van der Waals surface area contributed by atoms with Gasteiger partial charge >= 0.3 is 0 Å². The third kappa shape index (κ3) is 4.18. The van der Waals surface area contributed by atoms with Crippen molar-refractivity contribution in [2.24, 2.45) is 0 Å². The highest BCUT2D eigenvalue weighted by Gasteiger charge is 2.11. The first kappa shape index (κ1) is 20.4. The van der Waals surface area contributed by atoms with Gasteiger partial charge in [0.2, 0.25) is 0 Å². The Morgan fingerprint density at radius 1 is 1.03 bits per heavy atom. The van der Waals surface area contributed by atoms with Gasteiger partial charge in [-0.1, -0.05) is 17.3 Å². The highest BCUT2D eigenvalue weighted by atomic mass is 16.5. The minimum Gasteiger partial charge on any atom is -0.489 e. The number of aryl methyl sites for hydroxylation is 2. The number of fused-ring (bicyclic) bond motifs is 1. The molecule has 8 heteroatoms. The molecular weight excluding hydrogens is 418 g/mol. The van der Waals surface area contributed by atoms with Gasteiger partial charge in [0.1, 0.15) is 30.3 Å². The Morgan fingerprint density at radius 3 is 2.58 bits per heavy atom. The number of imidazole rings is 1. The van der Waals surface area contributed by atoms with E-state index in [1.807, 2.05) is 54.8 Å². The Bertz CT molecular complexity index is 1400. The fraction of sp³-hybridized carbons (Fsp3) is 0.120. The van der Waals surface area contributed by atoms with Crippen molar-refractivity contribution in [2.45, 2.75) is 20.5 Å². The predicted molar refractivity (Wildman–Crippen MR) is 124 cm³/mol. The number of nitrogens with one attached hydrogen (secondary N) is 1. The number of pyridine rings is 1. The first-order chi connectivity index (χ1) is 16.1. The largest absolute Gasteiger partial charge is 0.489 e. The van der Waals surface area contributed by atoms with Crippen molar-refractivity contribution in [1.29, 1.82) is 0 Å². The number of hydrogen-bond acceptors (Lipinski definition) is 6. The molecular formula is C25H21N5O3. The van der Waals surface area contributed by atoms with Crippen LogP contribution in [0.2, 0.25) is 0 Å². The zero-order chi connectivity index (χ0) is 22.8. The number of amides is 1. The Hall–Kier alpha value is -4.46. The van der Waals surface area contributed by atoms with E-state index in [0.717, 1.165) is 33.9 Å². The highest BCUT2D eigenvalue weighted by Crippen LogP contribution is 2.20. The third-order valence-electron chi connectivity index (χ3n) is 5.39. The van der Waals surface area contributed by atoms with Crippen LogP contribution < -0.4 is 10.1 Å². The number of carbonyl (C=O) groups is 1. The van der Waals surface area contributed by atoms with Crippen LogP contribution in [0.15, 0.2) is 77.7 Å². The topological polar surface area (TPSA) is 95.1 Å². The molecule has 1 amide bonds. The fourth-order valence-corrected chi connectivity index (χ4v) is 3.51. The molecule has 0 unspecified atom stereocenters. The molecule has 0 bridgehead atoms. The molecule has 1 N–H and O–H groups in total. The van der Waals surface area contributed by atoms with Crippen LogP contribution in [-0.2, 0) is 6.61 Å². The number of anilines is 1. The summed E-state index contributed by atoms with van der Waals surface area (Å²) in [5.41, 5.74) is 4.73. The molecule has 3 heterocycles. The number of para-hydroxylation sites is 2. The van der Waals surface area contributed by atoms with Gasteiger partial charge in [0.15, 0.2) is 0 Å². The standard InChI is InChI=1S/C25H21N5O3/c1-16-21(17(2)33-29-16)14-32-20-10-7-18(8-11-20)25(31)28-19-9-12-24(26-13-19)30-15-27-22-5-3-4-6-23(22)30/h3-13,15H,14H2,1-2H3,(H,28,31). The van der Waals surface area contributed by atoms with Gasteiger partial charge in [0, 0.05) is 5.56 Å². The van der Waals surface area contributed by atoms with Crippen molar-refractivity contribution in [1.82, 2.24) is 19.7 Å². The average Bonchev–Trinajstić information content (AvgIpc) is 3.41. The van der Waals surface area contributed by atoms with Crippen LogP contribution in [0.3, 0.4) is 0 Å². The van der Waals surface area contributed by atoms with Gasteiger partial charge in [-0.3, -0.25) is 9.36 Å². The lowest BCUT2D eigenvalue weighted by Crippen LogP contribution is -2.12. The molecule has 0 aliphatic carbocycles. The number of hydrogen-bond donors (Lipinski definition) is 1. The van der Waals surface area contributed by atoms with E-state index < -0.39 is 0 Å². The summed E-state index contributed by atoms with van der Waals surface area (Å²) in [6.07, 6.45) is 3.36. The monoisotopic (exact) mass is 439 g/mol. The summed E-state index contributed by atoms with van der Waals surface area (Å²) in [5.74, 6) is 1.89. The number of carbonyl (C=O) groups excluding carboxylic acids is 1. The van der Waals surface area contributed by atoms with Gasteiger partial charge in [-0.05, 0) is 62.4 Å². The molecule has 0 aliphatic rings. The summed E-state index contributed by atoms with van der Waals surface area (Å²) in [4.78, 5) is 21.5. The van der Waals surface area contributed by atoms with E-state index in [1.54, 1.807) is 36.8 Å². The van der Waals surface area contributed by atoms with Crippen molar-refractivity contribution >= 4 is 22.6 Å². The number of aromatic nitrogens is 4. The highest BCUT2D eigenvalue weighted by molar-refractivity contribution is 6.04. The zero-order valence-corrected chi connectivity index (χ0v) is 18.1. The van der Waals surface area contributed by atoms with Crippen molar-refractivity contribution in [3.8, 4) is 11.6 Å². The molecule has 8 nitrogen and oxygen atoms in total. The summed E-state index contributed by atoms with van der Waals surface area (Å²) in [6.45, 7) is 4.09. The minimum atomic E-state index is -0.227. The summed E-state index contributed by atoms with van der Waals surface area (Å²) in [6, 6.07) is 18.5. The molecule has 0 atom stereocenters. The van der Waals surface area contributed by atoms with Crippen molar-refractivity contribution in [3.05, 3.63) is 95.8 Å². The van der Waals surface area contributed by atoms with Gasteiger partial charge in [0.25, 0.3) is 5.91 Å². The molecule has 0 saturated heterocycles. The fourth-order valence-electron chi connectivity index (χ4n) is 3.51. The summed E-state index contributed by atoms with van der Waals surface area (Å²) in [7, 11) is 0. The Balaban J connectivity index is 1.23. The minimum absolute atomic E-state index is 0.227. The molecule has 0 radical (unpaired) electrons. The Kier molecular flexibility index (Phi) is 5.32. The second kappa shape index (κ2) is 8.58. The lowest BCUT2D eigenvalue weighted by atomic mass is 10.2. The second-order valence-corrected chi connectivity index (χ2v) is 7.58. The zero-order valence-electron chi connectivity index (χ0n) is 18.1. The Labute approximate surface area is 189 Å². The first-order valence-corrected chi connectivity index (χ1v) is 10.4. The van der Waals surface area contributed by atoms with E-state index in [9.17, 15) is 4.79 Å². The van der Waals surface area contributed by atoms with Crippen molar-refractivity contribution < 1.29 is 14.1 Å². The van der Waals surface area contributed by atoms with E-state index in [-0.39, 0.29) is 5.91 Å². The number of nitrogens with zero attached hydrogens (tertiary/aromatic N) is 4. The van der Waals surface area contributed by atoms with E-state index in [1.165, 1.54) is 0 Å². The van der Waals surface area contributed by atoms with E-state index >= 15 is 0 Å². The molecule has 33 heavy (non-hydrogen) atoms. The van der Waals surface area contributed by atoms with E-state index in [4.69, 9.17) is 9.26 Å². The molecule has 0 aliphatic heterocycles. The van der Waals surface area contributed by atoms with Crippen LogP contribution in [-0.4, -0.2) is 25.6 Å². The van der Waals surface area contributed by atoms with E-state index in [2.05, 4.69) is 20.4 Å². The van der Waals surface area contributed by atoms with Gasteiger partial charge < -0.3 is 14.6 Å². The van der Waals surface area contributed by atoms with Crippen LogP contribution in [0.25, 0.3) is 16.9 Å². The van der Waals surface area contributed by atoms with Crippen molar-refractivity contribution in [2.75, 3.05) is 5.32 Å². The maximum absolute atomic E-state index is 12.6. The summed E-state index contributed by atoms with van der Waals surface area (Å²) >= 11 is 0. The lowest BCUT2D eigenvalue weighted by Gasteiger charge is -2.09. The van der Waals surface area contributed by atoms with Crippen LogP contribution in [0, 0.1) is 13.8 Å². The molecule has 0 fully saturated rings. The van der Waals surface area contributed by atoms with Crippen LogP contribution >= 0.6 is 0 Å². The maximum Gasteiger partial charge on any atom is 0.255 e. The van der Waals surface area contributed by atoms with Gasteiger partial charge in [0.05, 0.1) is 34.2 Å². The first-order valence-electron chi connectivity index (χ1n) is 10.4. The van der Waals surface area contributed by atoms with Gasteiger partial charge in [-0.15, -0.1) is 0 Å². The number of ether oxygens (including phenoxy) is 1. The van der Waals surface area contributed by atoms with Crippen LogP contribution in [0.5, 0.6) is 5.75 Å². The molecule has 5 aromatic rings. The van der Waals surface area contributed by atoms with Gasteiger partial charge in [-0.25, -0.2) is 9.97 Å². The smallest absolute Gasteiger partial charge is 0.255 e. The van der Waals surface area contributed by atoms with E-state index in [0.29, 0.717) is 23.6 Å². The SMILES string of the molecule is Cc1noc(C)c1COc1ccc(C(=O)Nc2ccc(-n3cnc4ccccc43)nc2)cc1. The van der Waals surface area contributed by atoms with Crippen molar-refractivity contribution in [3.63, 3.8) is 0 Å². The average molecular weight is 439 g/mol. The molecule has 3 aromatic heterocycles. The maximum atomic E-state index is 12.6. The molecule has 5 rings (SSSR count). The quantitative estimate of drug-likeness (QED) is 0.406. The third-order valence-corrected chi connectivity index (χ3v) is 5.39. The number of rotatable bonds is 6. The molecule has 0 saturated carbocycles. The molecule has 0 spiro atoms. The summed E-state index contributed by atoms with van der Waals surface area (Å²) in [5, 5.41) is 6.79. The normalized spacial score (nSPS) is 11.0. The van der Waals surface area contributed by atoms with Crippen LogP contribution in [0.1, 0.15) is 27.4 Å². The predicted octanol–water partition coefficient (Wildman–Crippen LogP) is 4.86. The Morgan fingerprint density at radius 2 is 1.85 bits per heavy atom. The summed E-state index contributed by atoms with van der Waals surface area (Å²) < 4.78 is 12.8. The molecule has 2 aromatic carbocycles. The second-order valence-electron chi connectivity index (χ2n) is 7.58. The lowest BCUT2D eigenvalue weighted by molar-refractivity contribution is 0.102. The molecule has 164 valence electrons. The van der Waals surface area contributed by atoms with Gasteiger partial charge in [-0.2, -0.15) is 0 Å².